The van der Waals surface area contributed by atoms with Crippen LogP contribution in [0.3, 0.4) is 0 Å². The summed E-state index contributed by atoms with van der Waals surface area (Å²) in [5, 5.41) is 25.9. The molecule has 0 fully saturated rings. The molecule has 0 spiro atoms. The number of fused-ring (bicyclic) bond motifs is 6. The molecule has 6 heteroatoms. The molecule has 6 nitrogen and oxygen atoms in total. The minimum Gasteiger partial charge on any atom is -0.309 e. The minimum atomic E-state index is 0.353. The Hall–Kier alpha value is -7.80. The molecule has 250 valence electrons. The Bertz CT molecular complexity index is 3160. The highest BCUT2D eigenvalue weighted by molar-refractivity contribution is 6.19. The van der Waals surface area contributed by atoms with E-state index in [1.54, 1.807) is 0 Å². The Morgan fingerprint density at radius 1 is 0.407 bits per heavy atom. The van der Waals surface area contributed by atoms with Gasteiger partial charge in [-0.2, -0.15) is 10.5 Å². The Morgan fingerprint density at radius 3 is 1.54 bits per heavy atom. The fraction of sp³-hybridized carbons (Fsp3) is 0. The van der Waals surface area contributed by atoms with Gasteiger partial charge in [0.2, 0.25) is 0 Å². The molecule has 0 saturated heterocycles. The molecular weight excluding hydrogens is 661 g/mol. The number of hydrogen-bond donors (Lipinski definition) is 0. The van der Waals surface area contributed by atoms with Crippen molar-refractivity contribution in [2.24, 2.45) is 0 Å². The zero-order valence-electron chi connectivity index (χ0n) is 28.8. The van der Waals surface area contributed by atoms with E-state index in [9.17, 15) is 10.5 Å². The van der Waals surface area contributed by atoms with E-state index < -0.39 is 0 Å². The van der Waals surface area contributed by atoms with Crippen LogP contribution in [0.15, 0.2) is 170 Å². The maximum atomic E-state index is 10.8. The van der Waals surface area contributed by atoms with Crippen LogP contribution in [-0.2, 0) is 0 Å². The van der Waals surface area contributed by atoms with E-state index in [1.807, 2.05) is 91.0 Å². The zero-order valence-corrected chi connectivity index (χ0v) is 28.8. The van der Waals surface area contributed by atoms with Crippen molar-refractivity contribution >= 4 is 43.6 Å². The summed E-state index contributed by atoms with van der Waals surface area (Å²) >= 11 is 0. The van der Waals surface area contributed by atoms with Crippen molar-refractivity contribution in [2.75, 3.05) is 0 Å². The molecule has 0 amide bonds. The highest BCUT2D eigenvalue weighted by atomic mass is 15.0. The molecule has 0 aliphatic carbocycles. The van der Waals surface area contributed by atoms with E-state index in [-0.39, 0.29) is 0 Å². The summed E-state index contributed by atoms with van der Waals surface area (Å²) in [7, 11) is 0. The van der Waals surface area contributed by atoms with Crippen molar-refractivity contribution in [3.8, 4) is 57.4 Å². The van der Waals surface area contributed by atoms with Crippen LogP contribution in [0.1, 0.15) is 11.1 Å². The number of para-hydroxylation sites is 3. The van der Waals surface area contributed by atoms with E-state index in [4.69, 9.17) is 9.97 Å². The molecule has 10 aromatic rings. The summed E-state index contributed by atoms with van der Waals surface area (Å²) in [6.07, 6.45) is 0. The molecular formula is C48H28N6. The second-order valence-corrected chi connectivity index (χ2v) is 13.2. The fourth-order valence-corrected chi connectivity index (χ4v) is 7.81. The van der Waals surface area contributed by atoms with Crippen LogP contribution in [0.4, 0.5) is 0 Å². The average Bonchev–Trinajstić information content (AvgIpc) is 3.75. The van der Waals surface area contributed by atoms with Gasteiger partial charge >= 0.3 is 0 Å². The normalized spacial score (nSPS) is 11.3. The van der Waals surface area contributed by atoms with Crippen LogP contribution in [-0.4, -0.2) is 19.1 Å². The lowest BCUT2D eigenvalue weighted by Gasteiger charge is -2.14. The molecule has 3 heterocycles. The van der Waals surface area contributed by atoms with E-state index in [0.717, 1.165) is 66.1 Å². The highest BCUT2D eigenvalue weighted by Gasteiger charge is 2.22. The average molecular weight is 689 g/mol. The molecule has 3 aromatic heterocycles. The van der Waals surface area contributed by atoms with Gasteiger partial charge in [0.1, 0.15) is 17.7 Å². The maximum Gasteiger partial charge on any atom is 0.160 e. The van der Waals surface area contributed by atoms with Crippen molar-refractivity contribution in [3.63, 3.8) is 0 Å². The lowest BCUT2D eigenvalue weighted by molar-refractivity contribution is 1.15. The Morgan fingerprint density at radius 2 is 0.926 bits per heavy atom. The smallest absolute Gasteiger partial charge is 0.160 e. The lowest BCUT2D eigenvalue weighted by atomic mass is 9.98. The van der Waals surface area contributed by atoms with Gasteiger partial charge in [-0.15, -0.1) is 0 Å². The zero-order chi connectivity index (χ0) is 36.2. The summed E-state index contributed by atoms with van der Waals surface area (Å²) in [6.45, 7) is 0. The van der Waals surface area contributed by atoms with Gasteiger partial charge in [0.05, 0.1) is 44.7 Å². The lowest BCUT2D eigenvalue weighted by Crippen LogP contribution is -2.02. The fourth-order valence-electron chi connectivity index (χ4n) is 7.81. The van der Waals surface area contributed by atoms with E-state index in [2.05, 4.69) is 100 Å². The first-order valence-corrected chi connectivity index (χ1v) is 17.7. The standard InChI is InChI=1S/C48H28N6/c49-29-34-26-33(47-40(30-50)46(31-14-4-1-5-15-31)51-48(52-47)32-16-6-2-7-17-32)24-25-41(34)54-43-23-13-11-21-37(43)39-27-44-38(28-45(39)54)36-20-10-12-22-42(36)53(44)35-18-8-3-9-19-35/h1-28H. The molecule has 0 radical (unpaired) electrons. The third-order valence-corrected chi connectivity index (χ3v) is 10.2. The maximum absolute atomic E-state index is 10.8. The number of aromatic nitrogens is 4. The van der Waals surface area contributed by atoms with Crippen molar-refractivity contribution in [3.05, 3.63) is 181 Å². The van der Waals surface area contributed by atoms with Crippen molar-refractivity contribution in [1.82, 2.24) is 19.1 Å². The second-order valence-electron chi connectivity index (χ2n) is 13.2. The first-order valence-electron chi connectivity index (χ1n) is 17.7. The van der Waals surface area contributed by atoms with Crippen LogP contribution in [0.25, 0.3) is 88.9 Å². The van der Waals surface area contributed by atoms with Crippen LogP contribution >= 0.6 is 0 Å². The van der Waals surface area contributed by atoms with Crippen molar-refractivity contribution < 1.29 is 0 Å². The van der Waals surface area contributed by atoms with Gasteiger partial charge in [0, 0.05) is 43.9 Å². The minimum absolute atomic E-state index is 0.353. The predicted molar refractivity (Wildman–Crippen MR) is 216 cm³/mol. The third kappa shape index (κ3) is 4.79. The number of hydrogen-bond acceptors (Lipinski definition) is 4. The molecule has 7 aromatic carbocycles. The van der Waals surface area contributed by atoms with Gasteiger partial charge in [-0.05, 0) is 48.5 Å². The van der Waals surface area contributed by atoms with Crippen LogP contribution in [0.5, 0.6) is 0 Å². The molecule has 0 N–H and O–H groups in total. The number of benzene rings is 7. The molecule has 0 bridgehead atoms. The molecule has 0 aliphatic rings. The second kappa shape index (κ2) is 12.5. The summed E-state index contributed by atoms with van der Waals surface area (Å²) < 4.78 is 4.52. The number of nitriles is 2. The molecule has 0 unspecified atom stereocenters. The van der Waals surface area contributed by atoms with Crippen molar-refractivity contribution in [1.29, 1.82) is 10.5 Å². The van der Waals surface area contributed by atoms with Gasteiger partial charge < -0.3 is 9.13 Å². The Labute approximate surface area is 310 Å². The first-order chi connectivity index (χ1) is 26.7. The van der Waals surface area contributed by atoms with Gasteiger partial charge in [-0.3, -0.25) is 0 Å². The van der Waals surface area contributed by atoms with Crippen LogP contribution in [0.2, 0.25) is 0 Å². The monoisotopic (exact) mass is 688 g/mol. The quantitative estimate of drug-likeness (QED) is 0.180. The SMILES string of the molecule is N#Cc1cc(-c2nc(-c3ccccc3)nc(-c3ccccc3)c2C#N)ccc1-n1c2ccccc2c2cc3c(cc21)c1ccccc1n3-c1ccccc1. The Kier molecular flexibility index (Phi) is 7.15. The van der Waals surface area contributed by atoms with Gasteiger partial charge in [0.25, 0.3) is 0 Å². The Balaban J connectivity index is 1.22. The van der Waals surface area contributed by atoms with Gasteiger partial charge in [0.15, 0.2) is 5.82 Å². The molecule has 0 atom stereocenters. The highest BCUT2D eigenvalue weighted by Crippen LogP contribution is 2.41. The number of nitrogens with zero attached hydrogens (tertiary/aromatic N) is 6. The van der Waals surface area contributed by atoms with E-state index in [0.29, 0.717) is 33.9 Å². The third-order valence-electron chi connectivity index (χ3n) is 10.2. The predicted octanol–water partition coefficient (Wildman–Crippen LogP) is 11.4. The van der Waals surface area contributed by atoms with Crippen LogP contribution in [0, 0.1) is 22.7 Å². The molecule has 10 rings (SSSR count). The summed E-state index contributed by atoms with van der Waals surface area (Å²) in [5.74, 6) is 0.507. The summed E-state index contributed by atoms with van der Waals surface area (Å²) in [6, 6.07) is 62.0. The van der Waals surface area contributed by atoms with Gasteiger partial charge in [-0.25, -0.2) is 9.97 Å². The van der Waals surface area contributed by atoms with E-state index >= 15 is 0 Å². The molecule has 54 heavy (non-hydrogen) atoms. The summed E-state index contributed by atoms with van der Waals surface area (Å²) in [4.78, 5) is 9.88. The topological polar surface area (TPSA) is 83.2 Å². The van der Waals surface area contributed by atoms with Crippen molar-refractivity contribution in [2.45, 2.75) is 0 Å². The summed E-state index contributed by atoms with van der Waals surface area (Å²) in [5.41, 5.74) is 10.3. The largest absolute Gasteiger partial charge is 0.309 e. The molecule has 0 aliphatic heterocycles. The number of rotatable bonds is 5. The first kappa shape index (κ1) is 31.0. The van der Waals surface area contributed by atoms with Gasteiger partial charge in [-0.1, -0.05) is 121 Å². The van der Waals surface area contributed by atoms with Crippen LogP contribution < -0.4 is 0 Å². The van der Waals surface area contributed by atoms with E-state index in [1.165, 1.54) is 0 Å². The molecule has 0 saturated carbocycles.